The van der Waals surface area contributed by atoms with Crippen LogP contribution in [0.1, 0.15) is 43.4 Å². The number of nitrogens with one attached hydrogen (secondary N) is 1. The molecule has 1 heterocycles. The Bertz CT molecular complexity index is 293. The molecule has 1 unspecified atom stereocenters. The number of hydrogen-bond acceptors (Lipinski definition) is 4. The van der Waals surface area contributed by atoms with E-state index in [1.807, 2.05) is 0 Å². The van der Waals surface area contributed by atoms with Crippen molar-refractivity contribution in [3.05, 3.63) is 10.8 Å². The van der Waals surface area contributed by atoms with Gasteiger partial charge in [0.2, 0.25) is 0 Å². The highest BCUT2D eigenvalue weighted by Crippen LogP contribution is 2.38. The predicted molar refractivity (Wildman–Crippen MR) is 58.7 cm³/mol. The molecule has 14 heavy (non-hydrogen) atoms. The fourth-order valence-electron chi connectivity index (χ4n) is 1.54. The second-order valence-corrected chi connectivity index (χ2v) is 4.82. The minimum absolute atomic E-state index is 0.514. The highest BCUT2D eigenvalue weighted by atomic mass is 32.1. The molecule has 0 aromatic carbocycles. The summed E-state index contributed by atoms with van der Waals surface area (Å²) in [6, 6.07) is 0.514. The lowest BCUT2D eigenvalue weighted by Gasteiger charge is -2.08. The standard InChI is InChI=1S/C10H17N3S/c1-3-11-7(2)6-9-12-10(13-14-9)8-4-5-8/h7-8,11H,3-6H2,1-2H3. The molecule has 0 bridgehead atoms. The molecule has 0 spiro atoms. The molecule has 0 saturated heterocycles. The van der Waals surface area contributed by atoms with Crippen molar-refractivity contribution in [1.82, 2.24) is 14.7 Å². The van der Waals surface area contributed by atoms with E-state index in [-0.39, 0.29) is 0 Å². The zero-order valence-corrected chi connectivity index (χ0v) is 9.60. The van der Waals surface area contributed by atoms with E-state index in [2.05, 4.69) is 28.5 Å². The summed E-state index contributed by atoms with van der Waals surface area (Å²) in [5.41, 5.74) is 0. The van der Waals surface area contributed by atoms with Crippen LogP contribution in [0.2, 0.25) is 0 Å². The molecule has 1 aliphatic rings. The highest BCUT2D eigenvalue weighted by Gasteiger charge is 2.27. The van der Waals surface area contributed by atoms with Gasteiger partial charge < -0.3 is 5.32 Å². The average Bonchev–Trinajstić information content (AvgIpc) is 2.89. The topological polar surface area (TPSA) is 37.8 Å². The lowest BCUT2D eigenvalue weighted by atomic mass is 10.2. The maximum atomic E-state index is 4.56. The Morgan fingerprint density at radius 1 is 1.57 bits per heavy atom. The van der Waals surface area contributed by atoms with Crippen molar-refractivity contribution >= 4 is 11.5 Å². The van der Waals surface area contributed by atoms with Gasteiger partial charge in [-0.15, -0.1) is 0 Å². The van der Waals surface area contributed by atoms with Crippen LogP contribution in [-0.4, -0.2) is 21.9 Å². The van der Waals surface area contributed by atoms with Crippen LogP contribution in [0.4, 0.5) is 0 Å². The summed E-state index contributed by atoms with van der Waals surface area (Å²) in [6.07, 6.45) is 3.59. The van der Waals surface area contributed by atoms with E-state index < -0.39 is 0 Å². The van der Waals surface area contributed by atoms with E-state index in [0.717, 1.165) is 18.8 Å². The lowest BCUT2D eigenvalue weighted by Crippen LogP contribution is -2.27. The largest absolute Gasteiger partial charge is 0.314 e. The van der Waals surface area contributed by atoms with E-state index in [1.54, 1.807) is 11.5 Å². The quantitative estimate of drug-likeness (QED) is 0.809. The van der Waals surface area contributed by atoms with Crippen LogP contribution in [0.5, 0.6) is 0 Å². The summed E-state index contributed by atoms with van der Waals surface area (Å²) in [5.74, 6) is 1.78. The lowest BCUT2D eigenvalue weighted by molar-refractivity contribution is 0.563. The van der Waals surface area contributed by atoms with Gasteiger partial charge >= 0.3 is 0 Å². The van der Waals surface area contributed by atoms with Gasteiger partial charge in [0, 0.05) is 18.4 Å². The van der Waals surface area contributed by atoms with Crippen molar-refractivity contribution in [2.45, 2.75) is 45.1 Å². The van der Waals surface area contributed by atoms with Gasteiger partial charge in [0.25, 0.3) is 0 Å². The fraction of sp³-hybridized carbons (Fsp3) is 0.800. The second-order valence-electron chi connectivity index (χ2n) is 3.98. The molecule has 1 aliphatic carbocycles. The molecule has 1 fully saturated rings. The van der Waals surface area contributed by atoms with Crippen LogP contribution in [0.3, 0.4) is 0 Å². The summed E-state index contributed by atoms with van der Waals surface area (Å²) in [5, 5.41) is 4.57. The first-order valence-corrected chi connectivity index (χ1v) is 6.12. The third-order valence-corrected chi connectivity index (χ3v) is 3.21. The molecule has 1 N–H and O–H groups in total. The van der Waals surface area contributed by atoms with E-state index in [9.17, 15) is 0 Å². The van der Waals surface area contributed by atoms with Crippen LogP contribution in [0, 0.1) is 0 Å². The minimum Gasteiger partial charge on any atom is -0.314 e. The molecule has 3 nitrogen and oxygen atoms in total. The maximum Gasteiger partial charge on any atom is 0.145 e. The molecule has 1 aromatic rings. The number of nitrogens with zero attached hydrogens (tertiary/aromatic N) is 2. The van der Waals surface area contributed by atoms with Gasteiger partial charge in [0.1, 0.15) is 10.8 Å². The SMILES string of the molecule is CCNC(C)Cc1nc(C2CC2)ns1. The summed E-state index contributed by atoms with van der Waals surface area (Å²) < 4.78 is 4.39. The van der Waals surface area contributed by atoms with E-state index >= 15 is 0 Å². The van der Waals surface area contributed by atoms with Crippen LogP contribution in [0.15, 0.2) is 0 Å². The maximum absolute atomic E-state index is 4.56. The zero-order valence-electron chi connectivity index (χ0n) is 8.79. The molecule has 1 saturated carbocycles. The van der Waals surface area contributed by atoms with Gasteiger partial charge in [-0.05, 0) is 37.8 Å². The van der Waals surface area contributed by atoms with Gasteiger partial charge in [0.15, 0.2) is 0 Å². The number of likely N-dealkylation sites (N-methyl/N-ethyl adjacent to an activating group) is 1. The summed E-state index contributed by atoms with van der Waals surface area (Å²) >= 11 is 1.57. The minimum atomic E-state index is 0.514. The monoisotopic (exact) mass is 211 g/mol. The van der Waals surface area contributed by atoms with Crippen molar-refractivity contribution in [2.75, 3.05) is 6.54 Å². The molecule has 0 aliphatic heterocycles. The molecule has 4 heteroatoms. The van der Waals surface area contributed by atoms with Gasteiger partial charge in [0.05, 0.1) is 0 Å². The first-order valence-electron chi connectivity index (χ1n) is 5.35. The van der Waals surface area contributed by atoms with Crippen molar-refractivity contribution < 1.29 is 0 Å². The summed E-state index contributed by atoms with van der Waals surface area (Å²) in [6.45, 7) is 5.35. The van der Waals surface area contributed by atoms with Gasteiger partial charge in [-0.2, -0.15) is 4.37 Å². The molecule has 2 rings (SSSR count). The van der Waals surface area contributed by atoms with Crippen molar-refractivity contribution in [3.8, 4) is 0 Å². The first-order chi connectivity index (χ1) is 6.79. The normalized spacial score (nSPS) is 18.4. The molecule has 1 atom stereocenters. The van der Waals surface area contributed by atoms with Crippen LogP contribution < -0.4 is 5.32 Å². The number of hydrogen-bond donors (Lipinski definition) is 1. The van der Waals surface area contributed by atoms with Crippen LogP contribution in [-0.2, 0) is 6.42 Å². The van der Waals surface area contributed by atoms with Crippen molar-refractivity contribution in [1.29, 1.82) is 0 Å². The third kappa shape index (κ3) is 2.51. The number of rotatable bonds is 5. The number of aromatic nitrogens is 2. The summed E-state index contributed by atoms with van der Waals surface area (Å²) in [7, 11) is 0. The summed E-state index contributed by atoms with van der Waals surface area (Å²) in [4.78, 5) is 4.56. The average molecular weight is 211 g/mol. The van der Waals surface area contributed by atoms with E-state index in [1.165, 1.54) is 17.8 Å². The van der Waals surface area contributed by atoms with Gasteiger partial charge in [-0.3, -0.25) is 0 Å². The Morgan fingerprint density at radius 2 is 2.36 bits per heavy atom. The highest BCUT2D eigenvalue weighted by molar-refractivity contribution is 7.05. The predicted octanol–water partition coefficient (Wildman–Crippen LogP) is 1.96. The Balaban J connectivity index is 1.88. The molecular weight excluding hydrogens is 194 g/mol. The Morgan fingerprint density at radius 3 is 3.00 bits per heavy atom. The molecule has 1 aromatic heterocycles. The van der Waals surface area contributed by atoms with Crippen molar-refractivity contribution in [3.63, 3.8) is 0 Å². The van der Waals surface area contributed by atoms with E-state index in [4.69, 9.17) is 0 Å². The first kappa shape index (κ1) is 10.1. The Kier molecular flexibility index (Phi) is 3.13. The molecule has 0 radical (unpaired) electrons. The van der Waals surface area contributed by atoms with Crippen LogP contribution in [0.25, 0.3) is 0 Å². The smallest absolute Gasteiger partial charge is 0.145 e. The van der Waals surface area contributed by atoms with Gasteiger partial charge in [-0.25, -0.2) is 4.98 Å². The second kappa shape index (κ2) is 4.36. The fourth-order valence-corrected chi connectivity index (χ4v) is 2.39. The van der Waals surface area contributed by atoms with Gasteiger partial charge in [-0.1, -0.05) is 6.92 Å². The third-order valence-electron chi connectivity index (χ3n) is 2.46. The molecule has 0 amide bonds. The molecule has 78 valence electrons. The zero-order chi connectivity index (χ0) is 9.97. The van der Waals surface area contributed by atoms with Crippen LogP contribution >= 0.6 is 11.5 Å². The van der Waals surface area contributed by atoms with E-state index in [0.29, 0.717) is 12.0 Å². The Labute approximate surface area is 89.1 Å². The van der Waals surface area contributed by atoms with Crippen molar-refractivity contribution in [2.24, 2.45) is 0 Å². The Hall–Kier alpha value is -0.480. The molecular formula is C10H17N3S.